The zero-order chi connectivity index (χ0) is 26.5. The molecule has 4 aromatic carbocycles. The molecule has 1 unspecified atom stereocenters. The molecular formula is C32H36O5. The van der Waals surface area contributed by atoms with Crippen molar-refractivity contribution in [2.24, 2.45) is 0 Å². The first kappa shape index (κ1) is 27.6. The van der Waals surface area contributed by atoms with Crippen LogP contribution >= 0.6 is 0 Å². The average molecular weight is 501 g/mol. The number of hydrogen-bond donors (Lipinski definition) is 3. The van der Waals surface area contributed by atoms with E-state index in [1.54, 1.807) is 6.07 Å². The predicted octanol–water partition coefficient (Wildman–Crippen LogP) is 7.34. The van der Waals surface area contributed by atoms with E-state index in [2.05, 4.69) is 0 Å². The highest BCUT2D eigenvalue weighted by atomic mass is 16.5. The number of aryl methyl sites for hydroxylation is 1. The molecule has 0 aliphatic heterocycles. The summed E-state index contributed by atoms with van der Waals surface area (Å²) in [6.07, 6.45) is 1.81. The molecule has 0 amide bonds. The second-order valence-corrected chi connectivity index (χ2v) is 8.68. The van der Waals surface area contributed by atoms with Crippen molar-refractivity contribution in [2.75, 3.05) is 0 Å². The van der Waals surface area contributed by atoms with Gasteiger partial charge in [-0.15, -0.1) is 0 Å². The molecule has 194 valence electrons. The van der Waals surface area contributed by atoms with Crippen LogP contribution in [0.3, 0.4) is 0 Å². The maximum absolute atomic E-state index is 10.4. The smallest absolute Gasteiger partial charge is 0.167 e. The Morgan fingerprint density at radius 1 is 0.676 bits per heavy atom. The van der Waals surface area contributed by atoms with Gasteiger partial charge >= 0.3 is 0 Å². The summed E-state index contributed by atoms with van der Waals surface area (Å²) in [7, 11) is 0. The molecule has 0 fully saturated rings. The number of phenolic OH excluding ortho intramolecular Hbond substituents is 2. The summed E-state index contributed by atoms with van der Waals surface area (Å²) in [6, 6.07) is 30.7. The van der Waals surface area contributed by atoms with Gasteiger partial charge < -0.3 is 24.8 Å². The molecule has 0 saturated carbocycles. The molecule has 0 aliphatic carbocycles. The number of aromatic hydroxyl groups is 2. The van der Waals surface area contributed by atoms with Crippen LogP contribution in [-0.2, 0) is 19.6 Å². The molecule has 0 radical (unpaired) electrons. The lowest BCUT2D eigenvalue weighted by Crippen LogP contribution is -2.05. The van der Waals surface area contributed by atoms with E-state index < -0.39 is 6.10 Å². The number of benzene rings is 4. The lowest BCUT2D eigenvalue weighted by molar-refractivity contribution is 0.163. The van der Waals surface area contributed by atoms with E-state index in [1.165, 1.54) is 6.07 Å². The molecule has 1 atom stereocenters. The number of phenols is 2. The molecular weight excluding hydrogens is 464 g/mol. The first-order chi connectivity index (χ1) is 18.0. The summed E-state index contributed by atoms with van der Waals surface area (Å²) in [5, 5.41) is 28.7. The number of hydrogen-bond acceptors (Lipinski definition) is 5. The van der Waals surface area contributed by atoms with E-state index in [-0.39, 0.29) is 11.5 Å². The monoisotopic (exact) mass is 500 g/mol. The third-order valence-electron chi connectivity index (χ3n) is 5.84. The number of aliphatic hydroxyl groups is 1. The van der Waals surface area contributed by atoms with Crippen LogP contribution in [-0.4, -0.2) is 15.3 Å². The summed E-state index contributed by atoms with van der Waals surface area (Å²) >= 11 is 0. The van der Waals surface area contributed by atoms with Gasteiger partial charge in [-0.25, -0.2) is 0 Å². The quantitative estimate of drug-likeness (QED) is 0.199. The van der Waals surface area contributed by atoms with Crippen LogP contribution in [0.15, 0.2) is 97.1 Å². The molecule has 0 aliphatic rings. The van der Waals surface area contributed by atoms with Gasteiger partial charge in [0, 0.05) is 5.56 Å². The topological polar surface area (TPSA) is 79.2 Å². The average Bonchev–Trinajstić information content (AvgIpc) is 2.94. The van der Waals surface area contributed by atoms with Crippen molar-refractivity contribution in [1.29, 1.82) is 0 Å². The SMILES string of the molecule is CCC(O)c1cccc(OCc2ccccc2)c1OCc1ccccc1.CCCc1cccc(O)c1O. The Morgan fingerprint density at radius 2 is 1.27 bits per heavy atom. The lowest BCUT2D eigenvalue weighted by atomic mass is 10.1. The van der Waals surface area contributed by atoms with Crippen molar-refractivity contribution >= 4 is 0 Å². The van der Waals surface area contributed by atoms with Gasteiger partial charge in [0.25, 0.3) is 0 Å². The third kappa shape index (κ3) is 8.29. The number of rotatable bonds is 10. The van der Waals surface area contributed by atoms with E-state index >= 15 is 0 Å². The van der Waals surface area contributed by atoms with E-state index in [0.717, 1.165) is 35.1 Å². The van der Waals surface area contributed by atoms with Crippen molar-refractivity contribution in [1.82, 2.24) is 0 Å². The minimum atomic E-state index is -0.582. The molecule has 0 heterocycles. The molecule has 37 heavy (non-hydrogen) atoms. The van der Waals surface area contributed by atoms with Crippen molar-refractivity contribution in [3.63, 3.8) is 0 Å². The van der Waals surface area contributed by atoms with Gasteiger partial charge in [0.1, 0.15) is 13.2 Å². The molecule has 5 nitrogen and oxygen atoms in total. The zero-order valence-electron chi connectivity index (χ0n) is 21.5. The van der Waals surface area contributed by atoms with E-state index in [1.807, 2.05) is 98.8 Å². The molecule has 3 N–H and O–H groups in total. The third-order valence-corrected chi connectivity index (χ3v) is 5.84. The minimum Gasteiger partial charge on any atom is -0.504 e. The fraction of sp³-hybridized carbons (Fsp3) is 0.250. The van der Waals surface area contributed by atoms with Gasteiger partial charge in [-0.1, -0.05) is 105 Å². The van der Waals surface area contributed by atoms with Crippen LogP contribution < -0.4 is 9.47 Å². The Bertz CT molecular complexity index is 1210. The lowest BCUT2D eigenvalue weighted by Gasteiger charge is -2.19. The minimum absolute atomic E-state index is 0.0225. The molecule has 0 saturated heterocycles. The van der Waals surface area contributed by atoms with Crippen molar-refractivity contribution in [2.45, 2.75) is 52.4 Å². The zero-order valence-corrected chi connectivity index (χ0v) is 21.5. The first-order valence-electron chi connectivity index (χ1n) is 12.7. The standard InChI is InChI=1S/C23H24O3.C9H12O2/c1-2-21(24)20-14-9-15-22(25-16-18-10-5-3-6-11-18)23(20)26-17-19-12-7-4-8-13-19;1-2-4-7-5-3-6-8(10)9(7)11/h3-15,21,24H,2,16-17H2,1H3;3,5-6,10-11H,2,4H2,1H3. The van der Waals surface area contributed by atoms with Gasteiger partial charge in [-0.2, -0.15) is 0 Å². The molecule has 0 aromatic heterocycles. The van der Waals surface area contributed by atoms with Gasteiger partial charge in [-0.05, 0) is 41.7 Å². The summed E-state index contributed by atoms with van der Waals surface area (Å²) in [6.45, 7) is 4.86. The van der Waals surface area contributed by atoms with Crippen LogP contribution in [0.1, 0.15) is 55.0 Å². The molecule has 0 spiro atoms. The summed E-state index contributed by atoms with van der Waals surface area (Å²) < 4.78 is 12.1. The molecule has 4 aromatic rings. The van der Waals surface area contributed by atoms with E-state index in [0.29, 0.717) is 31.1 Å². The maximum atomic E-state index is 10.4. The highest BCUT2D eigenvalue weighted by Gasteiger charge is 2.17. The fourth-order valence-corrected chi connectivity index (χ4v) is 3.80. The molecule has 5 heteroatoms. The second kappa shape index (κ2) is 14.6. The highest BCUT2D eigenvalue weighted by Crippen LogP contribution is 2.37. The van der Waals surface area contributed by atoms with Crippen LogP contribution in [0.25, 0.3) is 0 Å². The van der Waals surface area contributed by atoms with Crippen LogP contribution in [0.2, 0.25) is 0 Å². The molecule has 4 rings (SSSR count). The Kier molecular flexibility index (Phi) is 10.9. The summed E-state index contributed by atoms with van der Waals surface area (Å²) in [5.41, 5.74) is 3.73. The van der Waals surface area contributed by atoms with Crippen molar-refractivity contribution in [3.05, 3.63) is 119 Å². The number of ether oxygens (including phenoxy) is 2. The number of para-hydroxylation sites is 2. The van der Waals surface area contributed by atoms with Crippen molar-refractivity contribution < 1.29 is 24.8 Å². The van der Waals surface area contributed by atoms with Crippen LogP contribution in [0.4, 0.5) is 0 Å². The first-order valence-corrected chi connectivity index (χ1v) is 12.7. The Balaban J connectivity index is 0.000000289. The molecule has 0 bridgehead atoms. The van der Waals surface area contributed by atoms with Gasteiger partial charge in [0.2, 0.25) is 0 Å². The van der Waals surface area contributed by atoms with Crippen molar-refractivity contribution in [3.8, 4) is 23.0 Å². The fourth-order valence-electron chi connectivity index (χ4n) is 3.80. The Hall–Kier alpha value is -3.96. The van der Waals surface area contributed by atoms with Crippen LogP contribution in [0, 0.1) is 0 Å². The van der Waals surface area contributed by atoms with Gasteiger partial charge in [0.15, 0.2) is 23.0 Å². The van der Waals surface area contributed by atoms with Crippen LogP contribution in [0.5, 0.6) is 23.0 Å². The largest absolute Gasteiger partial charge is 0.504 e. The van der Waals surface area contributed by atoms with E-state index in [9.17, 15) is 10.2 Å². The maximum Gasteiger partial charge on any atom is 0.167 e. The second-order valence-electron chi connectivity index (χ2n) is 8.68. The Morgan fingerprint density at radius 3 is 1.86 bits per heavy atom. The highest BCUT2D eigenvalue weighted by molar-refractivity contribution is 5.48. The van der Waals surface area contributed by atoms with E-state index in [4.69, 9.17) is 14.6 Å². The summed E-state index contributed by atoms with van der Waals surface area (Å²) in [4.78, 5) is 0. The number of aliphatic hydroxyl groups excluding tert-OH is 1. The van der Waals surface area contributed by atoms with Gasteiger partial charge in [-0.3, -0.25) is 0 Å². The summed E-state index contributed by atoms with van der Waals surface area (Å²) in [5.74, 6) is 1.25. The predicted molar refractivity (Wildman–Crippen MR) is 147 cm³/mol. The normalized spacial score (nSPS) is 11.2. The Labute approximate surface area is 219 Å². The van der Waals surface area contributed by atoms with Gasteiger partial charge in [0.05, 0.1) is 6.10 Å².